The summed E-state index contributed by atoms with van der Waals surface area (Å²) in [5.41, 5.74) is 4.03. The van der Waals surface area contributed by atoms with Gasteiger partial charge < -0.3 is 9.84 Å². The molecule has 0 radical (unpaired) electrons. The maximum atomic E-state index is 13.1. The van der Waals surface area contributed by atoms with Gasteiger partial charge in [-0.1, -0.05) is 84.9 Å². The average molecular weight is 394 g/mol. The van der Waals surface area contributed by atoms with Crippen molar-refractivity contribution >= 4 is 5.97 Å². The van der Waals surface area contributed by atoms with Crippen molar-refractivity contribution < 1.29 is 14.6 Å². The minimum atomic E-state index is -0.471. The predicted molar refractivity (Wildman–Crippen MR) is 119 cm³/mol. The normalized spacial score (nSPS) is 11.6. The topological polar surface area (TPSA) is 46.5 Å². The number of aromatic hydroxyl groups is 1. The fraction of sp³-hybridized carbons (Fsp3) is 0.0741. The Kier molecular flexibility index (Phi) is 5.90. The molecule has 3 nitrogen and oxygen atoms in total. The Balaban J connectivity index is 1.54. The molecule has 0 aliphatic heterocycles. The summed E-state index contributed by atoms with van der Waals surface area (Å²) in [7, 11) is 0. The number of rotatable bonds is 6. The molecule has 30 heavy (non-hydrogen) atoms. The molecule has 0 aliphatic rings. The molecule has 1 unspecified atom stereocenters. The van der Waals surface area contributed by atoms with E-state index in [1.807, 2.05) is 84.9 Å². The van der Waals surface area contributed by atoms with Crippen LogP contribution in [0.2, 0.25) is 0 Å². The molecule has 1 N–H and O–H groups in total. The molecule has 0 spiro atoms. The first kappa shape index (κ1) is 19.5. The molecule has 0 aliphatic carbocycles. The zero-order valence-corrected chi connectivity index (χ0v) is 16.4. The second-order valence-electron chi connectivity index (χ2n) is 7.15. The summed E-state index contributed by atoms with van der Waals surface area (Å²) in [4.78, 5) is 13.1. The third-order valence-electron chi connectivity index (χ3n) is 5.04. The summed E-state index contributed by atoms with van der Waals surface area (Å²) in [6, 6.07) is 34.2. The van der Waals surface area contributed by atoms with E-state index < -0.39 is 5.92 Å². The number of carbonyl (C=O) groups excluding carboxylic acids is 1. The molecule has 4 rings (SSSR count). The van der Waals surface area contributed by atoms with E-state index in [1.54, 1.807) is 24.3 Å². The van der Waals surface area contributed by atoms with E-state index in [0.717, 1.165) is 22.3 Å². The van der Waals surface area contributed by atoms with E-state index >= 15 is 0 Å². The quantitative estimate of drug-likeness (QED) is 0.323. The third kappa shape index (κ3) is 4.76. The van der Waals surface area contributed by atoms with E-state index in [4.69, 9.17) is 4.74 Å². The van der Waals surface area contributed by atoms with Crippen molar-refractivity contribution in [2.45, 2.75) is 12.3 Å². The van der Waals surface area contributed by atoms with E-state index in [0.29, 0.717) is 12.2 Å². The Morgan fingerprint density at radius 1 is 0.700 bits per heavy atom. The second-order valence-corrected chi connectivity index (χ2v) is 7.15. The smallest absolute Gasteiger partial charge is 0.319 e. The van der Waals surface area contributed by atoms with Gasteiger partial charge in [-0.25, -0.2) is 0 Å². The van der Waals surface area contributed by atoms with Crippen molar-refractivity contribution in [3.05, 3.63) is 120 Å². The molecule has 148 valence electrons. The van der Waals surface area contributed by atoms with Gasteiger partial charge in [0.05, 0.1) is 5.92 Å². The van der Waals surface area contributed by atoms with Crippen LogP contribution in [0.1, 0.15) is 17.0 Å². The Morgan fingerprint density at radius 2 is 1.27 bits per heavy atom. The van der Waals surface area contributed by atoms with Crippen LogP contribution in [-0.4, -0.2) is 11.1 Å². The molecule has 0 saturated carbocycles. The molecule has 0 saturated heterocycles. The first-order chi connectivity index (χ1) is 14.7. The van der Waals surface area contributed by atoms with Crippen molar-refractivity contribution in [3.8, 4) is 22.6 Å². The molecule has 1 atom stereocenters. The highest BCUT2D eigenvalue weighted by Gasteiger charge is 2.23. The number of carbonyl (C=O) groups is 1. The van der Waals surface area contributed by atoms with Gasteiger partial charge in [0.15, 0.2) is 0 Å². The van der Waals surface area contributed by atoms with Gasteiger partial charge in [0.1, 0.15) is 11.5 Å². The molecule has 0 bridgehead atoms. The average Bonchev–Trinajstić information content (AvgIpc) is 2.80. The molecule has 0 heterocycles. The highest BCUT2D eigenvalue weighted by molar-refractivity contribution is 5.81. The van der Waals surface area contributed by atoms with Crippen LogP contribution in [0.4, 0.5) is 0 Å². The molecule has 3 heteroatoms. The van der Waals surface area contributed by atoms with Gasteiger partial charge in [-0.2, -0.15) is 0 Å². The fourth-order valence-electron chi connectivity index (χ4n) is 3.43. The van der Waals surface area contributed by atoms with Crippen LogP contribution in [0.25, 0.3) is 11.1 Å². The SMILES string of the molecule is O=C(Oc1ccc(-c2ccccc2)cc1)C(Cc1ccccc1)c1ccc(O)cc1. The van der Waals surface area contributed by atoms with E-state index in [2.05, 4.69) is 0 Å². The highest BCUT2D eigenvalue weighted by atomic mass is 16.5. The van der Waals surface area contributed by atoms with Crippen molar-refractivity contribution in [1.82, 2.24) is 0 Å². The van der Waals surface area contributed by atoms with Crippen LogP contribution in [0.15, 0.2) is 109 Å². The minimum absolute atomic E-state index is 0.169. The number of phenols is 1. The van der Waals surface area contributed by atoms with E-state index in [9.17, 15) is 9.90 Å². The number of hydrogen-bond donors (Lipinski definition) is 1. The zero-order valence-electron chi connectivity index (χ0n) is 16.4. The predicted octanol–water partition coefficient (Wildman–Crippen LogP) is 5.99. The number of benzene rings is 4. The lowest BCUT2D eigenvalue weighted by molar-refractivity contribution is -0.136. The number of phenolic OH excluding ortho intramolecular Hbond substituents is 1. The largest absolute Gasteiger partial charge is 0.508 e. The molecule has 0 aromatic heterocycles. The summed E-state index contributed by atoms with van der Waals surface area (Å²) >= 11 is 0. The lowest BCUT2D eigenvalue weighted by atomic mass is 9.92. The standard InChI is InChI=1S/C27H22O3/c28-24-15-11-23(12-16-24)26(19-20-7-3-1-4-8-20)27(29)30-25-17-13-22(14-18-25)21-9-5-2-6-10-21/h1-18,26,28H,19H2. The van der Waals surface area contributed by atoms with Crippen molar-refractivity contribution in [2.75, 3.05) is 0 Å². The summed E-state index contributed by atoms with van der Waals surface area (Å²) in [5, 5.41) is 9.61. The first-order valence-electron chi connectivity index (χ1n) is 9.89. The van der Waals surface area contributed by atoms with Crippen molar-refractivity contribution in [3.63, 3.8) is 0 Å². The summed E-state index contributed by atoms with van der Waals surface area (Å²) in [5.74, 6) is -0.114. The van der Waals surface area contributed by atoms with E-state index in [-0.39, 0.29) is 11.7 Å². The minimum Gasteiger partial charge on any atom is -0.508 e. The second kappa shape index (κ2) is 9.10. The fourth-order valence-corrected chi connectivity index (χ4v) is 3.43. The Labute approximate surface area is 176 Å². The van der Waals surface area contributed by atoms with Gasteiger partial charge >= 0.3 is 5.97 Å². The zero-order chi connectivity index (χ0) is 20.8. The van der Waals surface area contributed by atoms with E-state index in [1.165, 1.54) is 0 Å². The van der Waals surface area contributed by atoms with Crippen LogP contribution < -0.4 is 4.74 Å². The van der Waals surface area contributed by atoms with Crippen LogP contribution in [0, 0.1) is 0 Å². The van der Waals surface area contributed by atoms with Gasteiger partial charge in [-0.05, 0) is 52.9 Å². The maximum Gasteiger partial charge on any atom is 0.319 e. The Bertz CT molecular complexity index is 1090. The number of hydrogen-bond acceptors (Lipinski definition) is 3. The van der Waals surface area contributed by atoms with Gasteiger partial charge in [0.2, 0.25) is 0 Å². The highest BCUT2D eigenvalue weighted by Crippen LogP contribution is 2.27. The summed E-state index contributed by atoms with van der Waals surface area (Å²) in [6.45, 7) is 0. The molecule has 4 aromatic carbocycles. The Hall–Kier alpha value is -3.85. The molecule has 0 fully saturated rings. The van der Waals surface area contributed by atoms with Crippen molar-refractivity contribution in [1.29, 1.82) is 0 Å². The Morgan fingerprint density at radius 3 is 1.90 bits per heavy atom. The summed E-state index contributed by atoms with van der Waals surface area (Å²) in [6.07, 6.45) is 0.520. The molecule has 4 aromatic rings. The first-order valence-corrected chi connectivity index (χ1v) is 9.89. The molecular weight excluding hydrogens is 372 g/mol. The number of ether oxygens (including phenoxy) is 1. The van der Waals surface area contributed by atoms with Crippen molar-refractivity contribution in [2.24, 2.45) is 0 Å². The van der Waals surface area contributed by atoms with Crippen LogP contribution in [0.5, 0.6) is 11.5 Å². The van der Waals surface area contributed by atoms with Gasteiger partial charge in [-0.3, -0.25) is 4.79 Å². The maximum absolute atomic E-state index is 13.1. The van der Waals surface area contributed by atoms with Crippen LogP contribution in [-0.2, 0) is 11.2 Å². The molecular formula is C27H22O3. The number of esters is 1. The van der Waals surface area contributed by atoms with Gasteiger partial charge in [0.25, 0.3) is 0 Å². The van der Waals surface area contributed by atoms with Gasteiger partial charge in [0, 0.05) is 0 Å². The molecule has 0 amide bonds. The lowest BCUT2D eigenvalue weighted by Crippen LogP contribution is -2.21. The summed E-state index contributed by atoms with van der Waals surface area (Å²) < 4.78 is 5.72. The monoisotopic (exact) mass is 394 g/mol. The van der Waals surface area contributed by atoms with Crippen LogP contribution >= 0.6 is 0 Å². The van der Waals surface area contributed by atoms with Crippen LogP contribution in [0.3, 0.4) is 0 Å². The lowest BCUT2D eigenvalue weighted by Gasteiger charge is -2.17. The third-order valence-corrected chi connectivity index (χ3v) is 5.04. The van der Waals surface area contributed by atoms with Gasteiger partial charge in [-0.15, -0.1) is 0 Å².